The molecule has 286 valence electrons. The molecule has 6 rings (SSSR count). The molecule has 24 heteroatoms. The second-order valence-electron chi connectivity index (χ2n) is 11.1. The Bertz CT molecular complexity index is 2630. The summed E-state index contributed by atoms with van der Waals surface area (Å²) < 4.78 is 49.1. The first-order valence-corrected chi connectivity index (χ1v) is 18.9. The SMILES string of the molecule is Cc1[nH]n(-c2ccccc2S(N)(=O)=O)c(=O)c1N=Nc1cc(Cl)ccc1[O-].Cc1[nH]n(-c2ccccc2S(N)(=O)=O)c(=O)c1N=Nc1cc(Cl)ccc1[O-].[Co+3].[Na+]. The Labute approximate surface area is 360 Å². The van der Waals surface area contributed by atoms with Crippen LogP contribution in [0.1, 0.15) is 11.4 Å². The third kappa shape index (κ3) is 10.5. The monoisotopic (exact) mass is 894 g/mol. The maximum Gasteiger partial charge on any atom is 3.00 e. The van der Waals surface area contributed by atoms with E-state index in [2.05, 4.69) is 30.7 Å². The van der Waals surface area contributed by atoms with Gasteiger partial charge < -0.3 is 10.2 Å². The molecule has 6 aromatic rings. The molecule has 4 aromatic carbocycles. The smallest absolute Gasteiger partial charge is 0.871 e. The van der Waals surface area contributed by atoms with E-state index in [9.17, 15) is 36.6 Å². The average molecular weight is 896 g/mol. The number of nitrogens with two attached hydrogens (primary N) is 2. The molecule has 0 amide bonds. The van der Waals surface area contributed by atoms with Gasteiger partial charge in [-0.05, 0) is 62.4 Å². The van der Waals surface area contributed by atoms with Gasteiger partial charge in [-0.15, -0.1) is 10.2 Å². The third-order valence-corrected chi connectivity index (χ3v) is 9.65. The van der Waals surface area contributed by atoms with Gasteiger partial charge in [-0.2, -0.15) is 10.2 Å². The Hall–Kier alpha value is -4.39. The van der Waals surface area contributed by atoms with Crippen molar-refractivity contribution in [3.05, 3.63) is 127 Å². The number of rotatable bonds is 8. The molecule has 0 unspecified atom stereocenters. The van der Waals surface area contributed by atoms with Crippen LogP contribution < -0.4 is 61.2 Å². The molecule has 0 radical (unpaired) electrons. The van der Waals surface area contributed by atoms with Gasteiger partial charge in [-0.1, -0.05) is 71.1 Å². The molecular weight excluding hydrogens is 869 g/mol. The second kappa shape index (κ2) is 18.7. The van der Waals surface area contributed by atoms with Crippen molar-refractivity contribution >= 4 is 66.0 Å². The van der Waals surface area contributed by atoms with E-state index in [1.807, 2.05) is 0 Å². The molecule has 2 heterocycles. The van der Waals surface area contributed by atoms with Crippen LogP contribution in [0.4, 0.5) is 22.7 Å². The summed E-state index contributed by atoms with van der Waals surface area (Å²) in [7, 11) is -8.11. The maximum atomic E-state index is 12.7. The van der Waals surface area contributed by atoms with E-state index in [4.69, 9.17) is 33.5 Å². The first kappa shape index (κ1) is 46.0. The molecule has 0 saturated heterocycles. The predicted octanol–water partition coefficient (Wildman–Crippen LogP) is 1.53. The summed E-state index contributed by atoms with van der Waals surface area (Å²) >= 11 is 11.6. The van der Waals surface area contributed by atoms with E-state index < -0.39 is 42.7 Å². The number of benzene rings is 4. The number of aromatic amines is 2. The normalized spacial score (nSPS) is 11.5. The van der Waals surface area contributed by atoms with E-state index in [-0.39, 0.29) is 90.3 Å². The van der Waals surface area contributed by atoms with E-state index in [1.165, 1.54) is 72.8 Å². The Morgan fingerprint density at radius 3 is 1.29 bits per heavy atom. The molecule has 0 saturated carbocycles. The van der Waals surface area contributed by atoms with Gasteiger partial charge in [0.25, 0.3) is 11.1 Å². The standard InChI is InChI=1S/2C16H14ClN5O4S.Co.Na/c2*1-9-15(20-19-11-8-10(17)6-7-13(11)23)16(24)22(21-9)12-4-2-3-5-14(12)27(18,25)26;;/h2*2-8,21,23H,1H3,(H2,18,25,26);;/q;;+3;+1/p-2. The Morgan fingerprint density at radius 2 is 0.946 bits per heavy atom. The summed E-state index contributed by atoms with van der Waals surface area (Å²) in [6.45, 7) is 3.11. The largest absolute Gasteiger partial charge is 3.00 e. The Balaban J connectivity index is 0.000000290. The van der Waals surface area contributed by atoms with Crippen LogP contribution in [0.15, 0.2) is 125 Å². The van der Waals surface area contributed by atoms with Crippen LogP contribution in [0.3, 0.4) is 0 Å². The zero-order valence-electron chi connectivity index (χ0n) is 29.1. The molecular formula is C32H26Cl2CoN10NaO8S2+2. The number of hydrogen-bond donors (Lipinski definition) is 4. The summed E-state index contributed by atoms with van der Waals surface area (Å²) in [5, 5.41) is 55.2. The number of hydrogen-bond acceptors (Lipinski definition) is 12. The first-order valence-electron chi connectivity index (χ1n) is 15.0. The van der Waals surface area contributed by atoms with Gasteiger partial charge in [0.15, 0.2) is 11.4 Å². The fourth-order valence-electron chi connectivity index (χ4n) is 4.76. The number of para-hydroxylation sites is 2. The summed E-state index contributed by atoms with van der Waals surface area (Å²) in [6.07, 6.45) is 0. The number of nitrogens with one attached hydrogen (secondary N) is 2. The number of H-pyrrole nitrogens is 2. The van der Waals surface area contributed by atoms with E-state index in [0.717, 1.165) is 9.36 Å². The van der Waals surface area contributed by atoms with Gasteiger partial charge in [-0.25, -0.2) is 36.5 Å². The van der Waals surface area contributed by atoms with E-state index in [0.29, 0.717) is 21.4 Å². The molecule has 18 nitrogen and oxygen atoms in total. The summed E-state index contributed by atoms with van der Waals surface area (Å²) in [5.41, 5.74) is -0.799. The number of primary sulfonamides is 2. The molecule has 56 heavy (non-hydrogen) atoms. The van der Waals surface area contributed by atoms with Crippen LogP contribution in [0, 0.1) is 13.8 Å². The fraction of sp³-hybridized carbons (Fsp3) is 0.0625. The molecule has 0 aliphatic carbocycles. The quantitative estimate of drug-likeness (QED) is 0.128. The zero-order valence-corrected chi connectivity index (χ0v) is 35.3. The molecule has 6 N–H and O–H groups in total. The van der Waals surface area contributed by atoms with Crippen LogP contribution in [0.2, 0.25) is 10.0 Å². The average Bonchev–Trinajstić information content (AvgIpc) is 3.56. The second-order valence-corrected chi connectivity index (χ2v) is 15.0. The van der Waals surface area contributed by atoms with Gasteiger partial charge in [0.05, 0.1) is 34.1 Å². The topological polar surface area (TPSA) is 291 Å². The van der Waals surface area contributed by atoms with Crippen LogP contribution in [-0.4, -0.2) is 36.4 Å². The molecule has 0 fully saturated rings. The van der Waals surface area contributed by atoms with Crippen LogP contribution in [0.5, 0.6) is 11.5 Å². The minimum atomic E-state index is -4.06. The first-order chi connectivity index (χ1) is 25.4. The van der Waals surface area contributed by atoms with E-state index >= 15 is 0 Å². The van der Waals surface area contributed by atoms with Crippen molar-refractivity contribution in [3.63, 3.8) is 0 Å². The zero-order chi connectivity index (χ0) is 39.5. The third-order valence-electron chi connectivity index (χ3n) is 7.26. The van der Waals surface area contributed by atoms with Crippen LogP contribution >= 0.6 is 23.2 Å². The Morgan fingerprint density at radius 1 is 0.607 bits per heavy atom. The number of nitrogens with zero attached hydrogens (tertiary/aromatic N) is 6. The molecule has 0 aliphatic rings. The number of azo groups is 2. The molecule has 0 bridgehead atoms. The van der Waals surface area contributed by atoms with Crippen molar-refractivity contribution in [3.8, 4) is 22.9 Å². The van der Waals surface area contributed by atoms with Crippen molar-refractivity contribution in [2.45, 2.75) is 23.6 Å². The van der Waals surface area contributed by atoms with Gasteiger partial charge >= 0.3 is 46.3 Å². The molecule has 0 spiro atoms. The van der Waals surface area contributed by atoms with Crippen molar-refractivity contribution in [2.75, 3.05) is 0 Å². The van der Waals surface area contributed by atoms with Gasteiger partial charge in [0.2, 0.25) is 20.0 Å². The van der Waals surface area contributed by atoms with Crippen molar-refractivity contribution in [2.24, 2.45) is 30.7 Å². The Kier molecular flexibility index (Phi) is 15.4. The predicted molar refractivity (Wildman–Crippen MR) is 195 cm³/mol. The van der Waals surface area contributed by atoms with Crippen molar-refractivity contribution in [1.29, 1.82) is 0 Å². The molecule has 0 atom stereocenters. The van der Waals surface area contributed by atoms with Gasteiger partial charge in [-0.3, -0.25) is 19.8 Å². The van der Waals surface area contributed by atoms with Crippen LogP contribution in [0.25, 0.3) is 11.4 Å². The van der Waals surface area contributed by atoms with E-state index in [1.54, 1.807) is 26.0 Å². The number of aromatic nitrogens is 4. The van der Waals surface area contributed by atoms with Crippen LogP contribution in [-0.2, 0) is 36.8 Å². The van der Waals surface area contributed by atoms with Gasteiger partial charge in [0, 0.05) is 10.0 Å². The maximum absolute atomic E-state index is 12.7. The minimum absolute atomic E-state index is 0. The minimum Gasteiger partial charge on any atom is -0.871 e. The summed E-state index contributed by atoms with van der Waals surface area (Å²) in [5.74, 6) is -0.813. The molecule has 2 aromatic heterocycles. The van der Waals surface area contributed by atoms with Crippen molar-refractivity contribution < 1.29 is 73.4 Å². The number of aryl methyl sites for hydroxylation is 2. The molecule has 0 aliphatic heterocycles. The number of sulfonamides is 2. The summed E-state index contributed by atoms with van der Waals surface area (Å²) in [6, 6.07) is 19.5. The fourth-order valence-corrected chi connectivity index (χ4v) is 6.53. The summed E-state index contributed by atoms with van der Waals surface area (Å²) in [4.78, 5) is 24.9. The van der Waals surface area contributed by atoms with Gasteiger partial charge in [0.1, 0.15) is 9.79 Å². The van der Waals surface area contributed by atoms with Crippen molar-refractivity contribution in [1.82, 2.24) is 19.6 Å². The number of halogens is 2.